The first-order valence-corrected chi connectivity index (χ1v) is 19.1. The van der Waals surface area contributed by atoms with Gasteiger partial charge < -0.3 is 48.4 Å². The minimum atomic E-state index is -0.819. The number of unbranched alkanes of at least 4 members (excludes halogenated alkanes) is 2. The summed E-state index contributed by atoms with van der Waals surface area (Å²) in [5.74, 6) is 0.989. The third kappa shape index (κ3) is 11.6. The summed E-state index contributed by atoms with van der Waals surface area (Å²) in [6.45, 7) is 5.80. The number of hydrogen-bond acceptors (Lipinski definition) is 13. The maximum Gasteiger partial charge on any atom is 0.508 e. The van der Waals surface area contributed by atoms with Gasteiger partial charge in [-0.3, -0.25) is 0 Å². The van der Waals surface area contributed by atoms with E-state index >= 15 is 0 Å². The lowest BCUT2D eigenvalue weighted by Crippen LogP contribution is -2.51. The molecule has 0 spiro atoms. The van der Waals surface area contributed by atoms with Crippen molar-refractivity contribution in [3.63, 3.8) is 0 Å². The Morgan fingerprint density at radius 1 is 0.982 bits per heavy atom. The molecule has 3 aliphatic rings. The van der Waals surface area contributed by atoms with Crippen LogP contribution < -0.4 is 24.6 Å². The van der Waals surface area contributed by atoms with Gasteiger partial charge in [-0.15, -0.1) is 10.1 Å². The smallest absolute Gasteiger partial charge is 0.490 e. The summed E-state index contributed by atoms with van der Waals surface area (Å²) in [5, 5.41) is 12.9. The second-order valence-electron chi connectivity index (χ2n) is 13.9. The zero-order valence-corrected chi connectivity index (χ0v) is 31.3. The van der Waals surface area contributed by atoms with E-state index in [0.717, 1.165) is 60.7 Å². The van der Waals surface area contributed by atoms with Crippen molar-refractivity contribution in [1.29, 1.82) is 0 Å². The molecule has 0 aliphatic carbocycles. The van der Waals surface area contributed by atoms with Crippen molar-refractivity contribution in [2.75, 3.05) is 82.6 Å². The first-order valence-electron chi connectivity index (χ1n) is 19.1. The summed E-state index contributed by atoms with van der Waals surface area (Å²) >= 11 is 0. The second kappa shape index (κ2) is 20.2. The summed E-state index contributed by atoms with van der Waals surface area (Å²) in [6.07, 6.45) is 1.55. The van der Waals surface area contributed by atoms with Crippen molar-refractivity contribution in [2.45, 2.75) is 62.9 Å². The number of nitrogens with one attached hydrogen (secondary N) is 1. The molecule has 4 unspecified atom stereocenters. The number of hydrogen-bond donors (Lipinski definition) is 1. The highest BCUT2D eigenvalue weighted by Crippen LogP contribution is 2.35. The normalized spacial score (nSPS) is 20.7. The van der Waals surface area contributed by atoms with Gasteiger partial charge in [0.15, 0.2) is 0 Å². The van der Waals surface area contributed by atoms with Crippen LogP contribution in [0.25, 0.3) is 0 Å². The van der Waals surface area contributed by atoms with Crippen LogP contribution in [0.2, 0.25) is 0 Å². The molecule has 3 aliphatic heterocycles. The molecule has 0 bridgehead atoms. The Morgan fingerprint density at radius 3 is 2.64 bits per heavy atom. The molecule has 2 saturated heterocycles. The molecule has 1 N–H and O–H groups in total. The highest BCUT2D eigenvalue weighted by atomic mass is 19.1. The fourth-order valence-electron chi connectivity index (χ4n) is 7.34. The van der Waals surface area contributed by atoms with Crippen LogP contribution in [0.1, 0.15) is 49.1 Å². The molecule has 15 heteroatoms. The second-order valence-corrected chi connectivity index (χ2v) is 13.9. The van der Waals surface area contributed by atoms with Crippen molar-refractivity contribution >= 4 is 17.5 Å². The Kier molecular flexibility index (Phi) is 14.6. The molecule has 14 nitrogen and oxygen atoms in total. The van der Waals surface area contributed by atoms with Crippen molar-refractivity contribution in [2.24, 2.45) is 0 Å². The van der Waals surface area contributed by atoms with Crippen molar-refractivity contribution in [3.8, 4) is 11.5 Å². The van der Waals surface area contributed by atoms with Crippen molar-refractivity contribution < 1.29 is 47.5 Å². The molecule has 3 aromatic rings. The largest absolute Gasteiger partial charge is 0.508 e. The average Bonchev–Trinajstić information content (AvgIpc) is 3.66. The summed E-state index contributed by atoms with van der Waals surface area (Å²) in [7, 11) is 1.71. The maximum atomic E-state index is 13.8. The van der Waals surface area contributed by atoms with Gasteiger partial charge >= 0.3 is 6.16 Å². The monoisotopic (exact) mass is 766 g/mol. The number of halogens is 1. The summed E-state index contributed by atoms with van der Waals surface area (Å²) in [6, 6.07) is 20.6. The molecule has 55 heavy (non-hydrogen) atoms. The van der Waals surface area contributed by atoms with Gasteiger partial charge in [0, 0.05) is 57.9 Å². The SMILES string of the molecule is COCCCN1CCOc2ccc(COC3CNCC(OC(=O)OCCCCCO[N+](=O)[O-])C3c3ccc(OC4CCN(c5cccc(F)c5)C4)cc3)cc21. The molecule has 0 aromatic heterocycles. The lowest BCUT2D eigenvalue weighted by molar-refractivity contribution is -0.757. The molecule has 4 atom stereocenters. The number of anilines is 2. The van der Waals surface area contributed by atoms with Crippen LogP contribution >= 0.6 is 0 Å². The van der Waals surface area contributed by atoms with Crippen LogP contribution in [0.5, 0.6) is 11.5 Å². The molecular weight excluding hydrogens is 715 g/mol. The standard InChI is InChI=1S/C40H51FN4O10/c1-49-19-6-16-43-18-22-50-36-14-9-29(23-35(36)43)28-52-37-25-42-26-38(55-40(46)51-20-3-2-4-21-53-45(47)48)39(37)30-10-12-33(13-11-30)54-34-15-17-44(27-34)32-8-5-7-31(41)24-32/h5,7-14,23-24,34,37-39,42H,2-4,6,15-22,25-28H2,1H3. The third-order valence-electron chi connectivity index (χ3n) is 10.1. The Bertz CT molecular complexity index is 1680. The van der Waals surface area contributed by atoms with Crippen LogP contribution in [0.4, 0.5) is 20.6 Å². The van der Waals surface area contributed by atoms with Gasteiger partial charge in [-0.2, -0.15) is 0 Å². The van der Waals surface area contributed by atoms with Crippen LogP contribution in [0.3, 0.4) is 0 Å². The highest BCUT2D eigenvalue weighted by Gasteiger charge is 2.38. The van der Waals surface area contributed by atoms with E-state index in [-0.39, 0.29) is 37.2 Å². The van der Waals surface area contributed by atoms with Crippen LogP contribution in [-0.4, -0.2) is 102 Å². The maximum absolute atomic E-state index is 13.8. The van der Waals surface area contributed by atoms with Crippen LogP contribution in [0.15, 0.2) is 66.7 Å². The average molecular weight is 767 g/mol. The van der Waals surface area contributed by atoms with Gasteiger partial charge in [0.25, 0.3) is 5.09 Å². The topological polar surface area (TPSA) is 143 Å². The predicted octanol–water partition coefficient (Wildman–Crippen LogP) is 5.89. The number of carbonyl (C=O) groups excluding carboxylic acids is 1. The number of piperidine rings is 1. The van der Waals surface area contributed by atoms with E-state index in [1.54, 1.807) is 19.2 Å². The van der Waals surface area contributed by atoms with E-state index < -0.39 is 17.3 Å². The molecule has 0 saturated carbocycles. The molecule has 0 amide bonds. The van der Waals surface area contributed by atoms with Gasteiger partial charge in [0.2, 0.25) is 0 Å². The van der Waals surface area contributed by atoms with Gasteiger partial charge in [0.1, 0.15) is 36.1 Å². The molecule has 3 aromatic carbocycles. The number of methoxy groups -OCH3 is 1. The van der Waals surface area contributed by atoms with E-state index in [9.17, 15) is 19.3 Å². The number of fused-ring (bicyclic) bond motifs is 1. The first-order chi connectivity index (χ1) is 26.9. The van der Waals surface area contributed by atoms with E-state index in [1.165, 1.54) is 6.07 Å². The fourth-order valence-corrected chi connectivity index (χ4v) is 7.34. The van der Waals surface area contributed by atoms with E-state index in [4.69, 9.17) is 28.4 Å². The Balaban J connectivity index is 1.11. The van der Waals surface area contributed by atoms with Gasteiger partial charge in [-0.25, -0.2) is 9.18 Å². The third-order valence-corrected chi connectivity index (χ3v) is 10.1. The van der Waals surface area contributed by atoms with Crippen LogP contribution in [0, 0.1) is 15.9 Å². The van der Waals surface area contributed by atoms with E-state index in [1.807, 2.05) is 42.5 Å². The Hall–Kier alpha value is -4.86. The predicted molar refractivity (Wildman–Crippen MR) is 202 cm³/mol. The minimum absolute atomic E-state index is 0.00201. The number of carbonyl (C=O) groups is 1. The van der Waals surface area contributed by atoms with Crippen LogP contribution in [-0.2, 0) is 30.4 Å². The Labute approximate surface area is 320 Å². The number of ether oxygens (including phenoxy) is 6. The van der Waals surface area contributed by atoms with E-state index in [2.05, 4.69) is 26.0 Å². The summed E-state index contributed by atoms with van der Waals surface area (Å²) in [4.78, 5) is 32.0. The van der Waals surface area contributed by atoms with Crippen molar-refractivity contribution in [3.05, 3.63) is 93.8 Å². The molecular formula is C40H51FN4O10. The number of rotatable bonds is 19. The lowest BCUT2D eigenvalue weighted by Gasteiger charge is -2.38. The van der Waals surface area contributed by atoms with Gasteiger partial charge in [-0.1, -0.05) is 24.3 Å². The minimum Gasteiger partial charge on any atom is -0.490 e. The molecule has 2 fully saturated rings. The first kappa shape index (κ1) is 39.8. The Morgan fingerprint density at radius 2 is 1.82 bits per heavy atom. The van der Waals surface area contributed by atoms with E-state index in [0.29, 0.717) is 64.5 Å². The summed E-state index contributed by atoms with van der Waals surface area (Å²) in [5.41, 5.74) is 3.80. The molecule has 298 valence electrons. The number of benzene rings is 3. The fraction of sp³-hybridized carbons (Fsp3) is 0.525. The summed E-state index contributed by atoms with van der Waals surface area (Å²) < 4.78 is 49.3. The zero-order valence-electron chi connectivity index (χ0n) is 31.3. The van der Waals surface area contributed by atoms with Gasteiger partial charge in [0.05, 0.1) is 44.7 Å². The quantitative estimate of drug-likeness (QED) is 0.0671. The van der Waals surface area contributed by atoms with Gasteiger partial charge in [-0.05, 0) is 79.3 Å². The molecule has 6 rings (SSSR count). The lowest BCUT2D eigenvalue weighted by atomic mass is 9.85. The molecule has 0 radical (unpaired) electrons. The highest BCUT2D eigenvalue weighted by molar-refractivity contribution is 5.61. The number of nitrogens with zero attached hydrogens (tertiary/aromatic N) is 3. The molecule has 3 heterocycles. The van der Waals surface area contributed by atoms with Crippen molar-refractivity contribution in [1.82, 2.24) is 5.32 Å². The zero-order chi connectivity index (χ0) is 38.4.